The van der Waals surface area contributed by atoms with Crippen molar-refractivity contribution in [2.45, 2.75) is 30.7 Å². The molecule has 0 aromatic heterocycles. The number of carbonyl (C=O) groups is 1. The molecule has 1 heterocycles. The Labute approximate surface area is 156 Å². The van der Waals surface area contributed by atoms with E-state index in [2.05, 4.69) is 4.72 Å². The molecule has 1 saturated carbocycles. The summed E-state index contributed by atoms with van der Waals surface area (Å²) in [6.07, 6.45) is 2.55. The zero-order chi connectivity index (χ0) is 19.2. The normalized spacial score (nSPS) is 16.7. The minimum atomic E-state index is -4.42. The summed E-state index contributed by atoms with van der Waals surface area (Å²) < 4.78 is 54.8. The van der Waals surface area contributed by atoms with Gasteiger partial charge in [0.05, 0.1) is 0 Å². The molecule has 1 N–H and O–H groups in total. The Kier molecular flexibility index (Phi) is 4.38. The topological polar surface area (TPSA) is 66.5 Å². The summed E-state index contributed by atoms with van der Waals surface area (Å²) in [5, 5.41) is 0. The molecule has 27 heavy (non-hydrogen) atoms. The van der Waals surface area contributed by atoms with Gasteiger partial charge < -0.3 is 4.90 Å². The van der Waals surface area contributed by atoms with Crippen molar-refractivity contribution in [2.75, 3.05) is 11.3 Å². The predicted octanol–water partition coefficient (Wildman–Crippen LogP) is 3.06. The second-order valence-electron chi connectivity index (χ2n) is 6.92. The number of carbonyl (C=O) groups excluding carboxylic acids is 1. The number of nitrogens with zero attached hydrogens (tertiary/aromatic N) is 1. The van der Waals surface area contributed by atoms with Crippen molar-refractivity contribution in [3.8, 4) is 0 Å². The Morgan fingerprint density at radius 1 is 1.07 bits per heavy atom. The number of amides is 1. The van der Waals surface area contributed by atoms with Gasteiger partial charge in [-0.25, -0.2) is 17.2 Å². The van der Waals surface area contributed by atoms with Gasteiger partial charge in [0.1, 0.15) is 11.6 Å². The van der Waals surface area contributed by atoms with Crippen LogP contribution >= 0.6 is 0 Å². The maximum atomic E-state index is 13.8. The van der Waals surface area contributed by atoms with Crippen LogP contribution in [-0.2, 0) is 27.8 Å². The summed E-state index contributed by atoms with van der Waals surface area (Å²) >= 11 is 0. The average molecular weight is 392 g/mol. The Morgan fingerprint density at radius 2 is 1.78 bits per heavy atom. The van der Waals surface area contributed by atoms with Crippen molar-refractivity contribution in [1.29, 1.82) is 0 Å². The third kappa shape index (κ3) is 3.53. The Bertz CT molecular complexity index is 999. The fourth-order valence-corrected chi connectivity index (χ4v) is 4.53. The molecule has 0 atom stereocenters. The van der Waals surface area contributed by atoms with Gasteiger partial charge in [0, 0.05) is 24.7 Å². The van der Waals surface area contributed by atoms with Crippen LogP contribution in [0.25, 0.3) is 0 Å². The molecule has 0 saturated heterocycles. The van der Waals surface area contributed by atoms with Gasteiger partial charge in [0.15, 0.2) is 4.90 Å². The molecule has 2 aromatic carbocycles. The minimum absolute atomic E-state index is 0.122. The standard InChI is InChI=1S/C19H18F2N2O3S/c20-16-2-1-3-17(21)18(16)27(25,26)22-15-7-6-12-8-9-23(11-14(12)10-15)19(24)13-4-5-13/h1-3,6-7,10,13,22H,4-5,8-9,11H2. The SMILES string of the molecule is O=C(C1CC1)N1CCc2ccc(NS(=O)(=O)c3c(F)cccc3F)cc2C1. The second kappa shape index (κ2) is 6.60. The predicted molar refractivity (Wildman–Crippen MR) is 95.5 cm³/mol. The van der Waals surface area contributed by atoms with Crippen LogP contribution in [0.4, 0.5) is 14.5 Å². The first kappa shape index (κ1) is 17.9. The number of halogens is 2. The molecule has 2 aliphatic rings. The lowest BCUT2D eigenvalue weighted by molar-refractivity contribution is -0.133. The maximum absolute atomic E-state index is 13.8. The van der Waals surface area contributed by atoms with Crippen LogP contribution in [0.5, 0.6) is 0 Å². The highest BCUT2D eigenvalue weighted by molar-refractivity contribution is 7.92. The third-order valence-electron chi connectivity index (χ3n) is 4.90. The van der Waals surface area contributed by atoms with Gasteiger partial charge in [0.2, 0.25) is 5.91 Å². The molecule has 1 aliphatic carbocycles. The van der Waals surface area contributed by atoms with Gasteiger partial charge in [-0.2, -0.15) is 0 Å². The second-order valence-corrected chi connectivity index (χ2v) is 8.54. The Morgan fingerprint density at radius 3 is 2.44 bits per heavy atom. The van der Waals surface area contributed by atoms with E-state index in [-0.39, 0.29) is 17.5 Å². The zero-order valence-electron chi connectivity index (χ0n) is 14.4. The van der Waals surface area contributed by atoms with Crippen LogP contribution in [0.1, 0.15) is 24.0 Å². The molecule has 5 nitrogen and oxygen atoms in total. The number of sulfonamides is 1. The molecule has 0 bridgehead atoms. The first-order valence-electron chi connectivity index (χ1n) is 8.72. The fourth-order valence-electron chi connectivity index (χ4n) is 3.34. The summed E-state index contributed by atoms with van der Waals surface area (Å²) in [5.74, 6) is -2.04. The monoisotopic (exact) mass is 392 g/mol. The van der Waals surface area contributed by atoms with Crippen molar-refractivity contribution in [1.82, 2.24) is 4.90 Å². The van der Waals surface area contributed by atoms with Gasteiger partial charge in [-0.05, 0) is 54.7 Å². The van der Waals surface area contributed by atoms with Gasteiger partial charge in [-0.15, -0.1) is 0 Å². The summed E-state index contributed by atoms with van der Waals surface area (Å²) in [6.45, 7) is 1.06. The van der Waals surface area contributed by atoms with Crippen molar-refractivity contribution < 1.29 is 22.0 Å². The Balaban J connectivity index is 1.59. The van der Waals surface area contributed by atoms with E-state index < -0.39 is 26.6 Å². The van der Waals surface area contributed by atoms with E-state index in [0.717, 1.165) is 42.2 Å². The molecular weight excluding hydrogens is 374 g/mol. The molecular formula is C19H18F2N2O3S. The van der Waals surface area contributed by atoms with E-state index in [4.69, 9.17) is 0 Å². The van der Waals surface area contributed by atoms with Crippen molar-refractivity contribution in [3.05, 3.63) is 59.2 Å². The first-order valence-corrected chi connectivity index (χ1v) is 10.2. The quantitative estimate of drug-likeness (QED) is 0.870. The highest BCUT2D eigenvalue weighted by Crippen LogP contribution is 2.33. The van der Waals surface area contributed by atoms with E-state index in [1.165, 1.54) is 0 Å². The van der Waals surface area contributed by atoms with E-state index in [0.29, 0.717) is 19.5 Å². The fraction of sp³-hybridized carbons (Fsp3) is 0.316. The van der Waals surface area contributed by atoms with E-state index >= 15 is 0 Å². The van der Waals surface area contributed by atoms with Crippen LogP contribution in [0.2, 0.25) is 0 Å². The highest BCUT2D eigenvalue weighted by Gasteiger charge is 2.34. The maximum Gasteiger partial charge on any atom is 0.267 e. The van der Waals surface area contributed by atoms with Gasteiger partial charge in [-0.1, -0.05) is 12.1 Å². The molecule has 0 radical (unpaired) electrons. The Hall–Kier alpha value is -2.48. The number of anilines is 1. The first-order chi connectivity index (χ1) is 12.8. The average Bonchev–Trinajstić information content (AvgIpc) is 3.45. The lowest BCUT2D eigenvalue weighted by Crippen LogP contribution is -2.36. The zero-order valence-corrected chi connectivity index (χ0v) is 15.2. The number of hydrogen-bond acceptors (Lipinski definition) is 3. The number of hydrogen-bond donors (Lipinski definition) is 1. The van der Waals surface area contributed by atoms with Crippen LogP contribution in [0.3, 0.4) is 0 Å². The molecule has 1 fully saturated rings. The van der Waals surface area contributed by atoms with Gasteiger partial charge in [0.25, 0.3) is 10.0 Å². The van der Waals surface area contributed by atoms with Crippen LogP contribution < -0.4 is 4.72 Å². The number of fused-ring (bicyclic) bond motifs is 1. The number of nitrogens with one attached hydrogen (secondary N) is 1. The van der Waals surface area contributed by atoms with Crippen molar-refractivity contribution in [3.63, 3.8) is 0 Å². The van der Waals surface area contributed by atoms with E-state index in [1.54, 1.807) is 23.1 Å². The smallest absolute Gasteiger partial charge is 0.267 e. The van der Waals surface area contributed by atoms with Crippen molar-refractivity contribution in [2.24, 2.45) is 5.92 Å². The summed E-state index contributed by atoms with van der Waals surface area (Å²) in [7, 11) is -4.42. The largest absolute Gasteiger partial charge is 0.338 e. The summed E-state index contributed by atoms with van der Waals surface area (Å²) in [5.41, 5.74) is 2.08. The van der Waals surface area contributed by atoms with Gasteiger partial charge >= 0.3 is 0 Å². The molecule has 2 aromatic rings. The van der Waals surface area contributed by atoms with Gasteiger partial charge in [-0.3, -0.25) is 9.52 Å². The minimum Gasteiger partial charge on any atom is -0.338 e. The molecule has 0 unspecified atom stereocenters. The number of rotatable bonds is 4. The number of benzene rings is 2. The summed E-state index contributed by atoms with van der Waals surface area (Å²) in [6, 6.07) is 7.86. The third-order valence-corrected chi connectivity index (χ3v) is 6.33. The van der Waals surface area contributed by atoms with E-state index in [1.807, 2.05) is 0 Å². The van der Waals surface area contributed by atoms with Crippen LogP contribution in [0, 0.1) is 17.6 Å². The molecule has 1 amide bonds. The van der Waals surface area contributed by atoms with Crippen LogP contribution in [-0.4, -0.2) is 25.8 Å². The summed E-state index contributed by atoms with van der Waals surface area (Å²) in [4.78, 5) is 13.1. The molecule has 0 spiro atoms. The highest BCUT2D eigenvalue weighted by atomic mass is 32.2. The molecule has 8 heteroatoms. The molecule has 142 valence electrons. The van der Waals surface area contributed by atoms with E-state index in [9.17, 15) is 22.0 Å². The lowest BCUT2D eigenvalue weighted by Gasteiger charge is -2.29. The van der Waals surface area contributed by atoms with Crippen LogP contribution in [0.15, 0.2) is 41.3 Å². The molecule has 1 aliphatic heterocycles. The lowest BCUT2D eigenvalue weighted by atomic mass is 9.99. The van der Waals surface area contributed by atoms with Crippen molar-refractivity contribution >= 4 is 21.6 Å². The molecule has 4 rings (SSSR count).